The first-order valence-corrected chi connectivity index (χ1v) is 26.6. The van der Waals surface area contributed by atoms with Crippen molar-refractivity contribution in [1.82, 2.24) is 5.32 Å². The van der Waals surface area contributed by atoms with Crippen LogP contribution >= 0.6 is 7.82 Å². The van der Waals surface area contributed by atoms with Gasteiger partial charge in [-0.3, -0.25) is 9.36 Å². The molecule has 3 atom stereocenters. The lowest BCUT2D eigenvalue weighted by atomic mass is 10.0. The van der Waals surface area contributed by atoms with Crippen molar-refractivity contribution in [3.8, 4) is 0 Å². The molecule has 0 aliphatic carbocycles. The summed E-state index contributed by atoms with van der Waals surface area (Å²) in [5, 5.41) is 13.9. The molecule has 0 aromatic heterocycles. The van der Waals surface area contributed by atoms with Gasteiger partial charge < -0.3 is 28.8 Å². The molecule has 0 saturated heterocycles. The minimum atomic E-state index is -4.56. The lowest BCUT2D eigenvalue weighted by molar-refractivity contribution is -0.870. The second-order valence-corrected chi connectivity index (χ2v) is 19.6. The Labute approximate surface area is 377 Å². The second kappa shape index (κ2) is 43.5. The molecule has 0 rings (SSSR count). The van der Waals surface area contributed by atoms with E-state index in [1.165, 1.54) is 116 Å². The number of carbonyl (C=O) groups is 1. The van der Waals surface area contributed by atoms with Gasteiger partial charge >= 0.3 is 0 Å². The number of carbonyl (C=O) groups excluding carboxylic acids is 1. The van der Waals surface area contributed by atoms with Crippen LogP contribution < -0.4 is 10.2 Å². The van der Waals surface area contributed by atoms with Gasteiger partial charge in [-0.15, -0.1) is 0 Å². The van der Waals surface area contributed by atoms with Gasteiger partial charge in [0.2, 0.25) is 5.91 Å². The number of phosphoric acid groups is 1. The summed E-state index contributed by atoms with van der Waals surface area (Å²) in [6.45, 7) is 4.58. The minimum absolute atomic E-state index is 0.0103. The van der Waals surface area contributed by atoms with Crippen LogP contribution in [0.15, 0.2) is 60.8 Å². The van der Waals surface area contributed by atoms with E-state index in [4.69, 9.17) is 9.05 Å². The Morgan fingerprint density at radius 1 is 0.590 bits per heavy atom. The molecule has 0 aromatic carbocycles. The summed E-state index contributed by atoms with van der Waals surface area (Å²) in [4.78, 5) is 25.4. The number of hydrogen-bond donors (Lipinski definition) is 2. The van der Waals surface area contributed by atoms with E-state index in [0.29, 0.717) is 23.9 Å². The zero-order valence-corrected chi connectivity index (χ0v) is 41.2. The molecule has 1 amide bonds. The number of amides is 1. The molecule has 356 valence electrons. The van der Waals surface area contributed by atoms with E-state index in [9.17, 15) is 19.4 Å². The van der Waals surface area contributed by atoms with E-state index < -0.39 is 20.0 Å². The van der Waals surface area contributed by atoms with Crippen LogP contribution in [0.4, 0.5) is 0 Å². The number of nitrogens with one attached hydrogen (secondary N) is 1. The molecule has 8 nitrogen and oxygen atoms in total. The number of likely N-dealkylation sites (N-methyl/N-ethyl adjacent to an activating group) is 1. The Morgan fingerprint density at radius 2 is 1.00 bits per heavy atom. The molecule has 0 fully saturated rings. The number of nitrogens with zero attached hydrogens (tertiary/aromatic N) is 1. The van der Waals surface area contributed by atoms with Crippen molar-refractivity contribution in [3.05, 3.63) is 60.8 Å². The van der Waals surface area contributed by atoms with Crippen LogP contribution in [0, 0.1) is 0 Å². The first kappa shape index (κ1) is 59.2. The highest BCUT2D eigenvalue weighted by Crippen LogP contribution is 2.38. The average Bonchev–Trinajstić information content (AvgIpc) is 3.21. The SMILES string of the molecule is CC/C=C\C/C=C\C/C=C\C/C=C\C/C=C\CCCCCCCCCCCCCCCC(=O)NC(COP(=O)([O-])OCC[N+](C)(C)C)C(O)CCCCCCCCCCCC. The zero-order valence-electron chi connectivity index (χ0n) is 40.4. The van der Waals surface area contributed by atoms with Crippen LogP contribution in [0.5, 0.6) is 0 Å². The van der Waals surface area contributed by atoms with E-state index >= 15 is 0 Å². The molecule has 0 aliphatic heterocycles. The third kappa shape index (κ3) is 46.0. The van der Waals surface area contributed by atoms with Gasteiger partial charge in [-0.25, -0.2) is 0 Å². The van der Waals surface area contributed by atoms with E-state index in [0.717, 1.165) is 70.6 Å². The van der Waals surface area contributed by atoms with Gasteiger partial charge in [0.25, 0.3) is 7.82 Å². The monoisotopic (exact) mass is 877 g/mol. The lowest BCUT2D eigenvalue weighted by Gasteiger charge is -2.30. The van der Waals surface area contributed by atoms with Crippen LogP contribution in [0.2, 0.25) is 0 Å². The predicted molar refractivity (Wildman–Crippen MR) is 261 cm³/mol. The predicted octanol–water partition coefficient (Wildman–Crippen LogP) is 14.0. The minimum Gasteiger partial charge on any atom is -0.756 e. The van der Waals surface area contributed by atoms with Crippen molar-refractivity contribution < 1.29 is 32.9 Å². The molecule has 61 heavy (non-hydrogen) atoms. The van der Waals surface area contributed by atoms with E-state index in [1.54, 1.807) is 0 Å². The topological polar surface area (TPSA) is 108 Å². The number of aliphatic hydroxyl groups excluding tert-OH is 1. The summed E-state index contributed by atoms with van der Waals surface area (Å²) >= 11 is 0. The van der Waals surface area contributed by atoms with Crippen LogP contribution in [0.1, 0.15) is 213 Å². The third-order valence-corrected chi connectivity index (χ3v) is 12.0. The molecular weight excluding hydrogens is 780 g/mol. The summed E-state index contributed by atoms with van der Waals surface area (Å²) < 4.78 is 23.3. The highest BCUT2D eigenvalue weighted by Gasteiger charge is 2.24. The number of unbranched alkanes of at least 4 members (excludes halogenated alkanes) is 22. The van der Waals surface area contributed by atoms with Crippen molar-refractivity contribution in [2.24, 2.45) is 0 Å². The molecule has 0 aliphatic rings. The molecule has 0 aromatic rings. The Bertz CT molecular complexity index is 1180. The molecule has 2 N–H and O–H groups in total. The van der Waals surface area contributed by atoms with E-state index in [2.05, 4.69) is 79.9 Å². The van der Waals surface area contributed by atoms with Gasteiger partial charge in [0, 0.05) is 6.42 Å². The summed E-state index contributed by atoms with van der Waals surface area (Å²) in [7, 11) is 1.30. The quantitative estimate of drug-likeness (QED) is 0.0273. The van der Waals surface area contributed by atoms with Gasteiger partial charge in [0.15, 0.2) is 0 Å². The summed E-state index contributed by atoms with van der Waals surface area (Å²) in [6, 6.07) is -0.801. The molecule has 0 spiro atoms. The summed E-state index contributed by atoms with van der Waals surface area (Å²) in [5.41, 5.74) is 0. The van der Waals surface area contributed by atoms with E-state index in [1.807, 2.05) is 21.1 Å². The molecule has 0 radical (unpaired) electrons. The molecule has 0 heterocycles. The molecule has 0 saturated carbocycles. The Morgan fingerprint density at radius 3 is 1.46 bits per heavy atom. The number of hydrogen-bond acceptors (Lipinski definition) is 6. The van der Waals surface area contributed by atoms with Crippen molar-refractivity contribution in [1.29, 1.82) is 0 Å². The van der Waals surface area contributed by atoms with Crippen LogP contribution in [0.3, 0.4) is 0 Å². The fourth-order valence-corrected chi connectivity index (χ4v) is 7.79. The van der Waals surface area contributed by atoms with Crippen LogP contribution in [-0.4, -0.2) is 68.5 Å². The summed E-state index contributed by atoms with van der Waals surface area (Å²) in [5.74, 6) is -0.170. The Kier molecular flexibility index (Phi) is 42.2. The zero-order chi connectivity index (χ0) is 45.0. The molecule has 0 bridgehead atoms. The van der Waals surface area contributed by atoms with Crippen molar-refractivity contribution >= 4 is 13.7 Å². The van der Waals surface area contributed by atoms with Crippen molar-refractivity contribution in [2.45, 2.75) is 225 Å². The maximum Gasteiger partial charge on any atom is 0.268 e. The number of quaternary nitrogens is 1. The van der Waals surface area contributed by atoms with Gasteiger partial charge in [0.1, 0.15) is 13.2 Å². The Hall–Kier alpha value is -1.80. The fourth-order valence-electron chi connectivity index (χ4n) is 7.07. The molecule has 9 heteroatoms. The van der Waals surface area contributed by atoms with E-state index in [-0.39, 0.29) is 19.1 Å². The largest absolute Gasteiger partial charge is 0.756 e. The maximum absolute atomic E-state index is 12.9. The first-order valence-electron chi connectivity index (χ1n) is 25.1. The van der Waals surface area contributed by atoms with Crippen molar-refractivity contribution in [3.63, 3.8) is 0 Å². The van der Waals surface area contributed by atoms with Gasteiger partial charge in [-0.05, 0) is 57.8 Å². The first-order chi connectivity index (χ1) is 29.5. The maximum atomic E-state index is 12.9. The Balaban J connectivity index is 4.08. The summed E-state index contributed by atoms with van der Waals surface area (Å²) in [6.07, 6.45) is 56.7. The van der Waals surface area contributed by atoms with Gasteiger partial charge in [-0.2, -0.15) is 0 Å². The highest BCUT2D eigenvalue weighted by molar-refractivity contribution is 7.45. The third-order valence-electron chi connectivity index (χ3n) is 11.0. The smallest absolute Gasteiger partial charge is 0.268 e. The number of rotatable bonds is 45. The van der Waals surface area contributed by atoms with Crippen LogP contribution in [-0.2, 0) is 18.4 Å². The number of aliphatic hydroxyl groups is 1. The van der Waals surface area contributed by atoms with Crippen LogP contribution in [0.25, 0.3) is 0 Å². The van der Waals surface area contributed by atoms with Gasteiger partial charge in [-0.1, -0.05) is 209 Å². The second-order valence-electron chi connectivity index (χ2n) is 18.1. The molecular formula is C52H97N2O6P. The van der Waals surface area contributed by atoms with Gasteiger partial charge in [0.05, 0.1) is 39.9 Å². The normalized spacial score (nSPS) is 14.7. The average molecular weight is 877 g/mol. The number of phosphoric ester groups is 1. The fraction of sp³-hybridized carbons (Fsp3) is 0.788. The lowest BCUT2D eigenvalue weighted by Crippen LogP contribution is -2.46. The van der Waals surface area contributed by atoms with Crippen molar-refractivity contribution in [2.75, 3.05) is 40.9 Å². The standard InChI is InChI=1S/C52H97N2O6P/c1-6-8-10-12-14-16-18-19-20-21-22-23-24-25-26-27-28-29-30-31-32-33-34-35-36-38-40-42-44-46-52(56)53-50(49-60-61(57,58)59-48-47-54(3,4)5)51(55)45-43-41-39-37-17-15-13-11-9-7-2/h8,10,14,16,19-20,22-23,25-26,50-51,55H,6-7,9,11-13,15,17-18,21,24,27-49H2,1-5H3,(H-,53,56,57,58)/b10-8-,16-14-,20-19-,23-22-,26-25-. The highest BCUT2D eigenvalue weighted by atomic mass is 31.2. The number of allylic oxidation sites excluding steroid dienone is 10. The molecule has 3 unspecified atom stereocenters.